The third-order valence-corrected chi connectivity index (χ3v) is 4.44. The second kappa shape index (κ2) is 7.53. The predicted octanol–water partition coefficient (Wildman–Crippen LogP) is 0.791. The topological polar surface area (TPSA) is 104 Å². The van der Waals surface area contributed by atoms with Gasteiger partial charge in [0.05, 0.1) is 6.42 Å². The molecule has 0 bridgehead atoms. The molecular weight excluding hydrogens is 346 g/mol. The molecule has 0 aliphatic carbocycles. The zero-order valence-electron chi connectivity index (χ0n) is 15.2. The molecule has 2 aliphatic rings. The third kappa shape index (κ3) is 3.94. The van der Waals surface area contributed by atoms with Crippen LogP contribution in [0, 0.1) is 0 Å². The molecule has 0 saturated carbocycles. The Morgan fingerprint density at radius 1 is 1.26 bits per heavy atom. The third-order valence-electron chi connectivity index (χ3n) is 4.44. The van der Waals surface area contributed by atoms with Crippen molar-refractivity contribution < 1.29 is 14.4 Å². The van der Waals surface area contributed by atoms with Gasteiger partial charge >= 0.3 is 0 Å². The van der Waals surface area contributed by atoms with Gasteiger partial charge in [-0.05, 0) is 43.7 Å². The van der Waals surface area contributed by atoms with E-state index in [1.165, 1.54) is 0 Å². The maximum atomic E-state index is 12.8. The van der Waals surface area contributed by atoms with Crippen LogP contribution in [0.25, 0.3) is 0 Å². The molecule has 1 aromatic heterocycles. The van der Waals surface area contributed by atoms with Crippen LogP contribution in [0.1, 0.15) is 30.8 Å². The Balaban J connectivity index is 1.58. The quantitative estimate of drug-likeness (QED) is 0.749. The van der Waals surface area contributed by atoms with Crippen molar-refractivity contribution >= 4 is 23.6 Å². The molecule has 2 N–H and O–H groups in total. The van der Waals surface area contributed by atoms with E-state index in [2.05, 4.69) is 20.6 Å². The molecular formula is C19H21N5O3. The molecule has 8 nitrogen and oxygen atoms in total. The normalized spacial score (nSPS) is 21.1. The fourth-order valence-corrected chi connectivity index (χ4v) is 2.96. The van der Waals surface area contributed by atoms with Gasteiger partial charge in [0.1, 0.15) is 17.1 Å². The lowest BCUT2D eigenvalue weighted by molar-refractivity contribution is -0.134. The van der Waals surface area contributed by atoms with Crippen LogP contribution in [0.4, 0.5) is 0 Å². The molecule has 8 heteroatoms. The van der Waals surface area contributed by atoms with Crippen LogP contribution in [0.15, 0.2) is 53.3 Å². The number of pyridine rings is 1. The van der Waals surface area contributed by atoms with E-state index in [0.717, 1.165) is 5.57 Å². The average Bonchev–Trinajstić information content (AvgIpc) is 2.64. The zero-order chi connectivity index (χ0) is 19.4. The first-order valence-electron chi connectivity index (χ1n) is 8.65. The van der Waals surface area contributed by atoms with E-state index in [0.29, 0.717) is 11.5 Å². The van der Waals surface area contributed by atoms with E-state index in [9.17, 15) is 14.4 Å². The summed E-state index contributed by atoms with van der Waals surface area (Å²) in [6.07, 6.45) is 6.94. The molecule has 3 heterocycles. The van der Waals surface area contributed by atoms with E-state index < -0.39 is 5.54 Å². The van der Waals surface area contributed by atoms with Crippen molar-refractivity contribution in [1.29, 1.82) is 0 Å². The predicted molar refractivity (Wildman–Crippen MR) is 99.8 cm³/mol. The maximum absolute atomic E-state index is 12.8. The molecule has 2 aliphatic heterocycles. The molecule has 1 aromatic rings. The second-order valence-electron chi connectivity index (χ2n) is 6.62. The Kier molecular flexibility index (Phi) is 5.16. The summed E-state index contributed by atoms with van der Waals surface area (Å²) in [5, 5.41) is 5.48. The summed E-state index contributed by atoms with van der Waals surface area (Å²) in [7, 11) is 0. The van der Waals surface area contributed by atoms with Crippen molar-refractivity contribution in [2.24, 2.45) is 4.99 Å². The molecule has 0 spiro atoms. The van der Waals surface area contributed by atoms with Crippen LogP contribution >= 0.6 is 0 Å². The van der Waals surface area contributed by atoms with E-state index in [1.54, 1.807) is 48.5 Å². The Labute approximate surface area is 157 Å². The number of rotatable bonds is 5. The van der Waals surface area contributed by atoms with Gasteiger partial charge in [0.15, 0.2) is 0 Å². The van der Waals surface area contributed by atoms with Crippen LogP contribution in [0.2, 0.25) is 0 Å². The van der Waals surface area contributed by atoms with Crippen LogP contribution in [-0.4, -0.2) is 52.1 Å². The number of carbonyl (C=O) groups is 3. The molecule has 0 aromatic carbocycles. The molecule has 3 rings (SSSR count). The summed E-state index contributed by atoms with van der Waals surface area (Å²) in [6.45, 7) is 4.10. The van der Waals surface area contributed by atoms with Gasteiger partial charge in [-0.3, -0.25) is 19.4 Å². The van der Waals surface area contributed by atoms with Gasteiger partial charge in [0.2, 0.25) is 5.91 Å². The number of allylic oxidation sites excluding steroid dienone is 2. The first-order valence-corrected chi connectivity index (χ1v) is 8.65. The van der Waals surface area contributed by atoms with Crippen LogP contribution < -0.4 is 10.6 Å². The van der Waals surface area contributed by atoms with Crippen LogP contribution in [0.5, 0.6) is 0 Å². The first kappa shape index (κ1) is 18.5. The lowest BCUT2D eigenvalue weighted by Gasteiger charge is -2.42. The van der Waals surface area contributed by atoms with Gasteiger partial charge in [-0.25, -0.2) is 0 Å². The van der Waals surface area contributed by atoms with Gasteiger partial charge in [0, 0.05) is 25.5 Å². The number of fused-ring (bicyclic) bond motifs is 1. The van der Waals surface area contributed by atoms with E-state index in [-0.39, 0.29) is 37.2 Å². The molecule has 3 amide bonds. The zero-order valence-corrected chi connectivity index (χ0v) is 15.2. The highest BCUT2D eigenvalue weighted by atomic mass is 16.2. The number of hydrogen-bond acceptors (Lipinski definition) is 5. The smallest absolute Gasteiger partial charge is 0.269 e. The Morgan fingerprint density at radius 3 is 2.78 bits per heavy atom. The number of amides is 3. The highest BCUT2D eigenvalue weighted by molar-refractivity contribution is 6.09. The van der Waals surface area contributed by atoms with Gasteiger partial charge < -0.3 is 15.5 Å². The highest BCUT2D eigenvalue weighted by Crippen LogP contribution is 2.29. The molecule has 140 valence electrons. The lowest BCUT2D eigenvalue weighted by Crippen LogP contribution is -2.60. The SMILES string of the molecule is CC1=CC2=NC(=O)CC(C)(C(=O)NCCNC(=O)c3ccccn3)N2C=C1. The fourth-order valence-electron chi connectivity index (χ4n) is 2.96. The van der Waals surface area contributed by atoms with Crippen molar-refractivity contribution in [1.82, 2.24) is 20.5 Å². The standard InChI is InChI=1S/C19H21N5O3/c1-13-6-10-24-15(11-13)23-16(25)12-19(24,2)18(27)22-9-8-21-17(26)14-5-3-4-7-20-14/h3-7,10-11H,8-9,12H2,1-2H3,(H,21,26)(H,22,27). The minimum atomic E-state index is -1.06. The van der Waals surface area contributed by atoms with Gasteiger partial charge in [-0.2, -0.15) is 4.99 Å². The monoisotopic (exact) mass is 367 g/mol. The molecule has 0 fully saturated rings. The summed E-state index contributed by atoms with van der Waals surface area (Å²) in [5.74, 6) is -0.472. The highest BCUT2D eigenvalue weighted by Gasteiger charge is 2.45. The van der Waals surface area contributed by atoms with Crippen molar-refractivity contribution in [3.63, 3.8) is 0 Å². The molecule has 1 unspecified atom stereocenters. The first-order chi connectivity index (χ1) is 12.9. The van der Waals surface area contributed by atoms with Gasteiger partial charge in [-0.1, -0.05) is 6.07 Å². The van der Waals surface area contributed by atoms with Crippen LogP contribution in [0.3, 0.4) is 0 Å². The van der Waals surface area contributed by atoms with Gasteiger partial charge in [-0.15, -0.1) is 0 Å². The van der Waals surface area contributed by atoms with Crippen molar-refractivity contribution in [2.45, 2.75) is 25.8 Å². The van der Waals surface area contributed by atoms with Gasteiger partial charge in [0.25, 0.3) is 11.8 Å². The Morgan fingerprint density at radius 2 is 2.04 bits per heavy atom. The summed E-state index contributed by atoms with van der Waals surface area (Å²) in [5.41, 5.74) is 0.210. The Bertz CT molecular complexity index is 859. The summed E-state index contributed by atoms with van der Waals surface area (Å²) < 4.78 is 0. The molecule has 0 saturated heterocycles. The van der Waals surface area contributed by atoms with E-state index >= 15 is 0 Å². The Hall–Kier alpha value is -3.29. The minimum absolute atomic E-state index is 0.0140. The number of aromatic nitrogens is 1. The largest absolute Gasteiger partial charge is 0.352 e. The molecule has 27 heavy (non-hydrogen) atoms. The van der Waals surface area contributed by atoms with Crippen molar-refractivity contribution in [3.8, 4) is 0 Å². The summed E-state index contributed by atoms with van der Waals surface area (Å²) in [4.78, 5) is 46.4. The van der Waals surface area contributed by atoms with Crippen molar-refractivity contribution in [3.05, 3.63) is 54.0 Å². The fraction of sp³-hybridized carbons (Fsp3) is 0.316. The summed E-state index contributed by atoms with van der Waals surface area (Å²) >= 11 is 0. The lowest BCUT2D eigenvalue weighted by atomic mass is 9.90. The second-order valence-corrected chi connectivity index (χ2v) is 6.62. The number of carbonyl (C=O) groups excluding carboxylic acids is 3. The van der Waals surface area contributed by atoms with E-state index in [4.69, 9.17) is 0 Å². The van der Waals surface area contributed by atoms with Crippen molar-refractivity contribution in [2.75, 3.05) is 13.1 Å². The minimum Gasteiger partial charge on any atom is -0.352 e. The summed E-state index contributed by atoms with van der Waals surface area (Å²) in [6, 6.07) is 5.07. The molecule has 0 radical (unpaired) electrons. The number of nitrogens with one attached hydrogen (secondary N) is 2. The number of aliphatic imine (C=N–C) groups is 1. The maximum Gasteiger partial charge on any atom is 0.269 e. The van der Waals surface area contributed by atoms with E-state index in [1.807, 2.05) is 13.0 Å². The number of amidine groups is 1. The van der Waals surface area contributed by atoms with Crippen LogP contribution in [-0.2, 0) is 9.59 Å². The average molecular weight is 367 g/mol. The number of nitrogens with zero attached hydrogens (tertiary/aromatic N) is 3. The molecule has 1 atom stereocenters. The number of hydrogen-bond donors (Lipinski definition) is 2.